The van der Waals surface area contributed by atoms with Crippen LogP contribution in [0, 0.1) is 0 Å². The summed E-state index contributed by atoms with van der Waals surface area (Å²) in [5, 5.41) is 0. The number of nitrogens with zero attached hydrogens (tertiary/aromatic N) is 1. The Kier molecular flexibility index (Phi) is 4.23. The summed E-state index contributed by atoms with van der Waals surface area (Å²) in [5.74, 6) is 0.680. The lowest BCUT2D eigenvalue weighted by Crippen LogP contribution is -2.27. The zero-order chi connectivity index (χ0) is 12.1. The average Bonchev–Trinajstić information content (AvgIpc) is 2.77. The van der Waals surface area contributed by atoms with Gasteiger partial charge in [0.2, 0.25) is 0 Å². The number of hydrogen-bond donors (Lipinski definition) is 0. The average molecular weight is 249 g/mol. The SMILES string of the molecule is COC(=O)CN1CSC(=Cc2ccccc2)C1. The van der Waals surface area contributed by atoms with Gasteiger partial charge in [-0.25, -0.2) is 0 Å². The van der Waals surface area contributed by atoms with E-state index in [2.05, 4.69) is 27.8 Å². The van der Waals surface area contributed by atoms with E-state index in [1.165, 1.54) is 17.6 Å². The van der Waals surface area contributed by atoms with Crippen molar-refractivity contribution in [2.24, 2.45) is 0 Å². The second-order valence-corrected chi connectivity index (χ2v) is 4.93. The van der Waals surface area contributed by atoms with Gasteiger partial charge in [0, 0.05) is 17.3 Å². The number of thioether (sulfide) groups is 1. The van der Waals surface area contributed by atoms with Crippen molar-refractivity contribution in [3.63, 3.8) is 0 Å². The number of esters is 1. The fraction of sp³-hybridized carbons (Fsp3) is 0.308. The fourth-order valence-corrected chi connectivity index (χ4v) is 2.68. The molecule has 0 bridgehead atoms. The molecular formula is C13H15NO2S. The van der Waals surface area contributed by atoms with Crippen LogP contribution in [0.1, 0.15) is 5.56 Å². The summed E-state index contributed by atoms with van der Waals surface area (Å²) in [7, 11) is 1.42. The molecular weight excluding hydrogens is 234 g/mol. The predicted molar refractivity (Wildman–Crippen MR) is 70.5 cm³/mol. The van der Waals surface area contributed by atoms with Gasteiger partial charge in [-0.1, -0.05) is 30.3 Å². The zero-order valence-corrected chi connectivity index (χ0v) is 10.6. The van der Waals surface area contributed by atoms with E-state index < -0.39 is 0 Å². The van der Waals surface area contributed by atoms with Crippen LogP contribution in [0.4, 0.5) is 0 Å². The van der Waals surface area contributed by atoms with Gasteiger partial charge in [-0.05, 0) is 11.6 Å². The third-order valence-electron chi connectivity index (χ3n) is 2.52. The Bertz CT molecular complexity index is 417. The second kappa shape index (κ2) is 5.89. The zero-order valence-electron chi connectivity index (χ0n) is 9.76. The first kappa shape index (κ1) is 12.2. The van der Waals surface area contributed by atoms with Gasteiger partial charge < -0.3 is 4.74 Å². The molecule has 0 atom stereocenters. The number of carbonyl (C=O) groups is 1. The van der Waals surface area contributed by atoms with Crippen molar-refractivity contribution in [1.29, 1.82) is 0 Å². The summed E-state index contributed by atoms with van der Waals surface area (Å²) in [6.07, 6.45) is 2.17. The summed E-state index contributed by atoms with van der Waals surface area (Å²) in [4.78, 5) is 14.5. The van der Waals surface area contributed by atoms with E-state index in [4.69, 9.17) is 0 Å². The van der Waals surface area contributed by atoms with E-state index in [9.17, 15) is 4.79 Å². The van der Waals surface area contributed by atoms with Crippen LogP contribution in [-0.2, 0) is 9.53 Å². The van der Waals surface area contributed by atoms with Crippen molar-refractivity contribution in [2.45, 2.75) is 0 Å². The van der Waals surface area contributed by atoms with Crippen molar-refractivity contribution in [1.82, 2.24) is 4.90 Å². The van der Waals surface area contributed by atoms with Gasteiger partial charge in [-0.2, -0.15) is 0 Å². The highest BCUT2D eigenvalue weighted by Crippen LogP contribution is 2.27. The van der Waals surface area contributed by atoms with Gasteiger partial charge in [-0.3, -0.25) is 9.69 Å². The molecule has 3 nitrogen and oxygen atoms in total. The third kappa shape index (κ3) is 3.61. The van der Waals surface area contributed by atoms with E-state index in [1.807, 2.05) is 18.2 Å². The number of carbonyl (C=O) groups excluding carboxylic acids is 1. The maximum atomic E-state index is 11.1. The lowest BCUT2D eigenvalue weighted by Gasteiger charge is -2.10. The summed E-state index contributed by atoms with van der Waals surface area (Å²) in [5.41, 5.74) is 1.20. The number of hydrogen-bond acceptors (Lipinski definition) is 4. The Morgan fingerprint density at radius 1 is 1.47 bits per heavy atom. The molecule has 17 heavy (non-hydrogen) atoms. The van der Waals surface area contributed by atoms with Crippen molar-refractivity contribution in [3.8, 4) is 0 Å². The van der Waals surface area contributed by atoms with E-state index in [0.29, 0.717) is 6.54 Å². The molecule has 0 spiro atoms. The molecule has 1 aliphatic rings. The van der Waals surface area contributed by atoms with Crippen LogP contribution >= 0.6 is 11.8 Å². The number of rotatable bonds is 3. The molecule has 1 fully saturated rings. The van der Waals surface area contributed by atoms with Crippen LogP contribution in [0.15, 0.2) is 35.2 Å². The normalized spacial score (nSPS) is 18.5. The largest absolute Gasteiger partial charge is 0.468 e. The molecule has 1 aromatic rings. The topological polar surface area (TPSA) is 29.5 Å². The molecule has 90 valence electrons. The lowest BCUT2D eigenvalue weighted by molar-refractivity contribution is -0.141. The van der Waals surface area contributed by atoms with Crippen LogP contribution in [0.2, 0.25) is 0 Å². The van der Waals surface area contributed by atoms with Crippen LogP contribution in [0.3, 0.4) is 0 Å². The Hall–Kier alpha value is -1.26. The Balaban J connectivity index is 1.94. The van der Waals surface area contributed by atoms with Gasteiger partial charge in [0.1, 0.15) is 0 Å². The van der Waals surface area contributed by atoms with Crippen LogP contribution in [0.25, 0.3) is 6.08 Å². The first-order valence-corrected chi connectivity index (χ1v) is 6.44. The molecule has 1 heterocycles. The van der Waals surface area contributed by atoms with Crippen molar-refractivity contribution in [2.75, 3.05) is 26.1 Å². The highest BCUT2D eigenvalue weighted by atomic mass is 32.2. The Morgan fingerprint density at radius 2 is 2.24 bits per heavy atom. The predicted octanol–water partition coefficient (Wildman–Crippen LogP) is 2.21. The monoisotopic (exact) mass is 249 g/mol. The lowest BCUT2D eigenvalue weighted by atomic mass is 10.2. The number of methoxy groups -OCH3 is 1. The summed E-state index contributed by atoms with van der Waals surface area (Å²) < 4.78 is 4.66. The first-order valence-electron chi connectivity index (χ1n) is 5.45. The summed E-state index contributed by atoms with van der Waals surface area (Å²) in [6, 6.07) is 10.2. The molecule has 1 aliphatic heterocycles. The molecule has 0 aliphatic carbocycles. The smallest absolute Gasteiger partial charge is 0.319 e. The highest BCUT2D eigenvalue weighted by Gasteiger charge is 2.19. The molecule has 1 aromatic carbocycles. The second-order valence-electron chi connectivity index (χ2n) is 3.86. The molecule has 0 saturated carbocycles. The molecule has 0 aromatic heterocycles. The highest BCUT2D eigenvalue weighted by molar-refractivity contribution is 8.03. The molecule has 2 rings (SSSR count). The minimum atomic E-state index is -0.174. The molecule has 0 unspecified atom stereocenters. The first-order chi connectivity index (χ1) is 8.28. The van der Waals surface area contributed by atoms with Crippen molar-refractivity contribution in [3.05, 3.63) is 40.8 Å². The quantitative estimate of drug-likeness (QED) is 0.768. The van der Waals surface area contributed by atoms with Gasteiger partial charge in [0.05, 0.1) is 13.7 Å². The van der Waals surface area contributed by atoms with E-state index in [0.717, 1.165) is 12.4 Å². The standard InChI is InChI=1S/C13H15NO2S/c1-16-13(15)9-14-8-12(17-10-14)7-11-5-3-2-4-6-11/h2-7H,8-10H2,1H3. The van der Waals surface area contributed by atoms with Crippen LogP contribution in [-0.4, -0.2) is 36.9 Å². The summed E-state index contributed by atoms with van der Waals surface area (Å²) >= 11 is 1.78. The van der Waals surface area contributed by atoms with Gasteiger partial charge >= 0.3 is 5.97 Å². The van der Waals surface area contributed by atoms with Gasteiger partial charge in [0.25, 0.3) is 0 Å². The van der Waals surface area contributed by atoms with E-state index in [-0.39, 0.29) is 5.97 Å². The fourth-order valence-electron chi connectivity index (χ4n) is 1.66. The van der Waals surface area contributed by atoms with Gasteiger partial charge in [-0.15, -0.1) is 11.8 Å². The third-order valence-corrected chi connectivity index (χ3v) is 3.63. The van der Waals surface area contributed by atoms with Crippen molar-refractivity contribution >= 4 is 23.8 Å². The number of benzene rings is 1. The Labute approximate surface area is 105 Å². The maximum absolute atomic E-state index is 11.1. The maximum Gasteiger partial charge on any atom is 0.319 e. The minimum absolute atomic E-state index is 0.174. The van der Waals surface area contributed by atoms with E-state index >= 15 is 0 Å². The molecule has 0 amide bonds. The van der Waals surface area contributed by atoms with Crippen molar-refractivity contribution < 1.29 is 9.53 Å². The molecule has 0 N–H and O–H groups in total. The number of ether oxygens (including phenoxy) is 1. The molecule has 0 radical (unpaired) electrons. The van der Waals surface area contributed by atoms with Crippen LogP contribution in [0.5, 0.6) is 0 Å². The molecule has 4 heteroatoms. The summed E-state index contributed by atoms with van der Waals surface area (Å²) in [6.45, 7) is 1.20. The Morgan fingerprint density at radius 3 is 2.94 bits per heavy atom. The van der Waals surface area contributed by atoms with Crippen LogP contribution < -0.4 is 0 Å². The van der Waals surface area contributed by atoms with Gasteiger partial charge in [0.15, 0.2) is 0 Å². The van der Waals surface area contributed by atoms with E-state index in [1.54, 1.807) is 11.8 Å². The minimum Gasteiger partial charge on any atom is -0.468 e. The molecule has 1 saturated heterocycles.